The minimum atomic E-state index is -0.457. The fraction of sp³-hybridized carbons (Fsp3) is 0. The van der Waals surface area contributed by atoms with E-state index in [9.17, 15) is 4.79 Å². The maximum Gasteiger partial charge on any atom is 0.277 e. The highest BCUT2D eigenvalue weighted by molar-refractivity contribution is 7.71. The molecule has 0 amide bonds. The Morgan fingerprint density at radius 1 is 1.30 bits per heavy atom. The lowest BCUT2D eigenvalue weighted by Gasteiger charge is -1.95. The van der Waals surface area contributed by atoms with E-state index < -0.39 is 5.56 Å². The van der Waals surface area contributed by atoms with Crippen LogP contribution >= 0.6 is 12.2 Å². The second-order valence-corrected chi connectivity index (χ2v) is 2.14. The number of H-pyrrole nitrogens is 2. The molecule has 0 atom stereocenters. The molecule has 6 N–H and O–H groups in total. The van der Waals surface area contributed by atoms with Crippen molar-refractivity contribution >= 4 is 23.7 Å². The van der Waals surface area contributed by atoms with Gasteiger partial charge in [-0.15, -0.1) is 0 Å². The molecule has 0 aromatic carbocycles. The SMILES string of the molecule is Nc1[nH]c(=S)[nH]c(=O)c1N. The molecule has 0 bridgehead atoms. The third-order valence-corrected chi connectivity index (χ3v) is 1.21. The zero-order chi connectivity index (χ0) is 7.72. The van der Waals surface area contributed by atoms with Crippen LogP contribution in [0.5, 0.6) is 0 Å². The summed E-state index contributed by atoms with van der Waals surface area (Å²) in [5.74, 6) is 0.105. The first-order valence-corrected chi connectivity index (χ1v) is 2.89. The second kappa shape index (κ2) is 2.14. The van der Waals surface area contributed by atoms with Crippen LogP contribution in [0, 0.1) is 4.77 Å². The molecule has 0 saturated carbocycles. The van der Waals surface area contributed by atoms with Gasteiger partial charge in [-0.1, -0.05) is 0 Å². The summed E-state index contributed by atoms with van der Waals surface area (Å²) < 4.78 is 0.178. The number of nitrogens with one attached hydrogen (secondary N) is 2. The molecule has 1 aromatic heterocycles. The molecular weight excluding hydrogens is 152 g/mol. The molecule has 0 spiro atoms. The molecule has 10 heavy (non-hydrogen) atoms. The zero-order valence-electron chi connectivity index (χ0n) is 4.97. The summed E-state index contributed by atoms with van der Waals surface area (Å²) in [5, 5.41) is 0. The molecule has 0 saturated heterocycles. The van der Waals surface area contributed by atoms with E-state index in [-0.39, 0.29) is 16.3 Å². The van der Waals surface area contributed by atoms with Crippen LogP contribution in [0.3, 0.4) is 0 Å². The van der Waals surface area contributed by atoms with Gasteiger partial charge >= 0.3 is 0 Å². The van der Waals surface area contributed by atoms with E-state index in [1.54, 1.807) is 0 Å². The Labute approximate surface area is 61.1 Å². The summed E-state index contributed by atoms with van der Waals surface area (Å²) in [6.07, 6.45) is 0. The Bertz CT molecular complexity index is 351. The van der Waals surface area contributed by atoms with E-state index in [2.05, 4.69) is 22.2 Å². The molecule has 5 nitrogen and oxygen atoms in total. The number of rotatable bonds is 0. The van der Waals surface area contributed by atoms with Gasteiger partial charge in [-0.2, -0.15) is 0 Å². The molecule has 0 fully saturated rings. The highest BCUT2D eigenvalue weighted by Gasteiger charge is 1.97. The Morgan fingerprint density at radius 3 is 2.40 bits per heavy atom. The lowest BCUT2D eigenvalue weighted by Crippen LogP contribution is -2.15. The van der Waals surface area contributed by atoms with Crippen molar-refractivity contribution in [2.24, 2.45) is 0 Å². The Kier molecular flexibility index (Phi) is 1.46. The number of aromatic amines is 2. The smallest absolute Gasteiger partial charge is 0.277 e. The Balaban J connectivity index is 3.62. The maximum absolute atomic E-state index is 10.7. The third kappa shape index (κ3) is 1.01. The molecule has 0 aliphatic rings. The summed E-state index contributed by atoms with van der Waals surface area (Å²) >= 11 is 4.60. The van der Waals surface area contributed by atoms with Gasteiger partial charge in [0.15, 0.2) is 4.77 Å². The summed E-state index contributed by atoms with van der Waals surface area (Å²) in [6, 6.07) is 0. The highest BCUT2D eigenvalue weighted by atomic mass is 32.1. The minimum absolute atomic E-state index is 0.0337. The van der Waals surface area contributed by atoms with Gasteiger partial charge in [0.2, 0.25) is 0 Å². The lowest BCUT2D eigenvalue weighted by molar-refractivity contribution is 1.10. The minimum Gasteiger partial charge on any atom is -0.391 e. The Morgan fingerprint density at radius 2 is 1.90 bits per heavy atom. The first-order valence-electron chi connectivity index (χ1n) is 2.49. The normalized spacial score (nSPS) is 9.60. The first-order chi connectivity index (χ1) is 4.61. The molecule has 54 valence electrons. The van der Waals surface area contributed by atoms with Crippen molar-refractivity contribution < 1.29 is 0 Å². The van der Waals surface area contributed by atoms with Crippen molar-refractivity contribution in [2.75, 3.05) is 11.5 Å². The average Bonchev–Trinajstić information content (AvgIpc) is 1.82. The number of nitrogen functional groups attached to an aromatic ring is 2. The highest BCUT2D eigenvalue weighted by Crippen LogP contribution is 1.99. The van der Waals surface area contributed by atoms with Crippen LogP contribution in [0.25, 0.3) is 0 Å². The summed E-state index contributed by atoms with van der Waals surface area (Å²) in [7, 11) is 0. The van der Waals surface area contributed by atoms with Crippen LogP contribution in [0.1, 0.15) is 0 Å². The van der Waals surface area contributed by atoms with Crippen molar-refractivity contribution in [3.63, 3.8) is 0 Å². The molecular formula is C4H6N4OS. The van der Waals surface area contributed by atoms with Crippen LogP contribution in [-0.4, -0.2) is 9.97 Å². The van der Waals surface area contributed by atoms with Crippen molar-refractivity contribution in [3.8, 4) is 0 Å². The zero-order valence-corrected chi connectivity index (χ0v) is 5.79. The maximum atomic E-state index is 10.7. The van der Waals surface area contributed by atoms with E-state index in [0.29, 0.717) is 0 Å². The van der Waals surface area contributed by atoms with Gasteiger partial charge in [-0.05, 0) is 12.2 Å². The second-order valence-electron chi connectivity index (χ2n) is 1.74. The molecule has 0 unspecified atom stereocenters. The number of hydrogen-bond acceptors (Lipinski definition) is 4. The molecule has 0 radical (unpaired) electrons. The van der Waals surface area contributed by atoms with Gasteiger partial charge < -0.3 is 16.5 Å². The fourth-order valence-electron chi connectivity index (χ4n) is 0.514. The molecule has 1 aromatic rings. The quantitative estimate of drug-likeness (QED) is 0.386. The van der Waals surface area contributed by atoms with Crippen LogP contribution in [-0.2, 0) is 0 Å². The van der Waals surface area contributed by atoms with Gasteiger partial charge in [0.25, 0.3) is 5.56 Å². The van der Waals surface area contributed by atoms with Crippen LogP contribution in [0.4, 0.5) is 11.5 Å². The van der Waals surface area contributed by atoms with Gasteiger partial charge in [-0.25, -0.2) is 0 Å². The van der Waals surface area contributed by atoms with Crippen molar-refractivity contribution in [1.82, 2.24) is 9.97 Å². The number of nitrogens with two attached hydrogens (primary N) is 2. The fourth-order valence-corrected chi connectivity index (χ4v) is 0.716. The topological polar surface area (TPSA) is 101 Å². The Hall–Kier alpha value is -1.30. The lowest BCUT2D eigenvalue weighted by atomic mass is 10.5. The largest absolute Gasteiger partial charge is 0.391 e. The monoisotopic (exact) mass is 158 g/mol. The molecule has 1 heterocycles. The van der Waals surface area contributed by atoms with Crippen molar-refractivity contribution in [3.05, 3.63) is 15.1 Å². The number of hydrogen-bond donors (Lipinski definition) is 4. The molecule has 0 aliphatic heterocycles. The van der Waals surface area contributed by atoms with Gasteiger partial charge in [0, 0.05) is 0 Å². The van der Waals surface area contributed by atoms with E-state index in [1.807, 2.05) is 0 Å². The summed E-state index contributed by atoms with van der Waals surface area (Å²) in [6.45, 7) is 0. The van der Waals surface area contributed by atoms with Crippen LogP contribution in [0.2, 0.25) is 0 Å². The van der Waals surface area contributed by atoms with Gasteiger partial charge in [0.1, 0.15) is 11.5 Å². The summed E-state index contributed by atoms with van der Waals surface area (Å²) in [4.78, 5) is 15.5. The summed E-state index contributed by atoms with van der Waals surface area (Å²) in [5.41, 5.74) is 9.97. The van der Waals surface area contributed by atoms with E-state index in [4.69, 9.17) is 11.5 Å². The van der Waals surface area contributed by atoms with Crippen molar-refractivity contribution in [2.45, 2.75) is 0 Å². The van der Waals surface area contributed by atoms with E-state index in [0.717, 1.165) is 0 Å². The standard InChI is InChI=1S/C4H6N4OS/c5-1-2(6)7-4(10)8-3(1)9/h5H2,(H4,6,7,8,9,10). The predicted octanol–water partition coefficient (Wildman–Crippen LogP) is -0.403. The predicted molar refractivity (Wildman–Crippen MR) is 41.1 cm³/mol. The number of aromatic nitrogens is 2. The van der Waals surface area contributed by atoms with Crippen LogP contribution < -0.4 is 17.0 Å². The van der Waals surface area contributed by atoms with Gasteiger partial charge in [0.05, 0.1) is 0 Å². The molecule has 1 rings (SSSR count). The molecule has 6 heteroatoms. The number of anilines is 2. The molecule has 0 aliphatic carbocycles. The third-order valence-electron chi connectivity index (χ3n) is 1.01. The van der Waals surface area contributed by atoms with Crippen molar-refractivity contribution in [1.29, 1.82) is 0 Å². The van der Waals surface area contributed by atoms with E-state index >= 15 is 0 Å². The first kappa shape index (κ1) is 6.81. The van der Waals surface area contributed by atoms with Crippen LogP contribution in [0.15, 0.2) is 4.79 Å². The van der Waals surface area contributed by atoms with E-state index in [1.165, 1.54) is 0 Å². The average molecular weight is 158 g/mol. The van der Waals surface area contributed by atoms with Gasteiger partial charge in [-0.3, -0.25) is 9.78 Å².